The van der Waals surface area contributed by atoms with Gasteiger partial charge in [-0.2, -0.15) is 0 Å². The van der Waals surface area contributed by atoms with E-state index in [0.29, 0.717) is 9.13 Å². The number of rotatable bonds is 10. The minimum atomic E-state index is -1.36. The quantitative estimate of drug-likeness (QED) is 0.186. The van der Waals surface area contributed by atoms with Gasteiger partial charge in [-0.15, -0.1) is 0 Å². The monoisotopic (exact) mass is 712 g/mol. The van der Waals surface area contributed by atoms with Gasteiger partial charge < -0.3 is 35.1 Å². The summed E-state index contributed by atoms with van der Waals surface area (Å²) in [6.45, 7) is 1.05. The van der Waals surface area contributed by atoms with Crippen LogP contribution in [0.2, 0.25) is 0 Å². The summed E-state index contributed by atoms with van der Waals surface area (Å²) in [5.74, 6) is -3.22. The molecular formula is C33H33IN2O8. The molecule has 0 bridgehead atoms. The number of benzene rings is 3. The Hall–Kier alpha value is -3.62. The zero-order valence-electron chi connectivity index (χ0n) is 23.9. The number of hydrogen-bond acceptors (Lipinski definition) is 8. The molecule has 0 aromatic heterocycles. The van der Waals surface area contributed by atoms with E-state index in [2.05, 4.69) is 33.2 Å². The summed E-state index contributed by atoms with van der Waals surface area (Å²) < 4.78 is 20.2. The molecule has 2 aliphatic rings. The van der Waals surface area contributed by atoms with E-state index < -0.39 is 54.0 Å². The average molecular weight is 713 g/mol. The van der Waals surface area contributed by atoms with Gasteiger partial charge in [0.1, 0.15) is 24.4 Å². The molecule has 44 heavy (non-hydrogen) atoms. The van der Waals surface area contributed by atoms with E-state index in [1.165, 1.54) is 6.92 Å². The van der Waals surface area contributed by atoms with Crippen LogP contribution in [0.3, 0.4) is 0 Å². The lowest BCUT2D eigenvalue weighted by atomic mass is 9.91. The first-order valence-corrected chi connectivity index (χ1v) is 15.3. The van der Waals surface area contributed by atoms with Crippen LogP contribution in [-0.2, 0) is 29.6 Å². The summed E-state index contributed by atoms with van der Waals surface area (Å²) in [6.07, 6.45) is -2.16. The number of carbonyl (C=O) groups is 3. The molecule has 1 heterocycles. The van der Waals surface area contributed by atoms with Crippen LogP contribution in [0.15, 0.2) is 96.6 Å². The van der Waals surface area contributed by atoms with Crippen LogP contribution in [-0.4, -0.2) is 71.6 Å². The van der Waals surface area contributed by atoms with Crippen LogP contribution in [0.1, 0.15) is 34.8 Å². The van der Waals surface area contributed by atoms with Gasteiger partial charge in [-0.1, -0.05) is 72.8 Å². The summed E-state index contributed by atoms with van der Waals surface area (Å²) in [7, 11) is 0. The average Bonchev–Trinajstić information content (AvgIpc) is 3.44. The van der Waals surface area contributed by atoms with Crippen molar-refractivity contribution in [3.63, 3.8) is 0 Å². The van der Waals surface area contributed by atoms with Crippen molar-refractivity contribution in [2.75, 3.05) is 13.2 Å². The minimum Gasteiger partial charge on any atom is -0.455 e. The van der Waals surface area contributed by atoms with Gasteiger partial charge in [0.2, 0.25) is 17.6 Å². The minimum absolute atomic E-state index is 0.0318. The topological polar surface area (TPSA) is 143 Å². The largest absolute Gasteiger partial charge is 0.455 e. The Morgan fingerprint density at radius 1 is 0.977 bits per heavy atom. The van der Waals surface area contributed by atoms with Gasteiger partial charge in [-0.25, -0.2) is 4.79 Å². The molecule has 0 saturated carbocycles. The third-order valence-corrected chi connectivity index (χ3v) is 8.44. The van der Waals surface area contributed by atoms with Crippen LogP contribution in [0, 0.1) is 3.57 Å². The van der Waals surface area contributed by atoms with Crippen molar-refractivity contribution in [2.45, 2.75) is 49.6 Å². The molecule has 0 radical (unpaired) electrons. The SMILES string of the molecule is C[C@H](O)[C@@H](NC(=O)C1=C[C@H]2OC(c3ccccc3)(c3ccccc3)O[C@H]2[C@H](OC(=O)c2ccccc2I)C1)C(=O)NCCO. The number of halogens is 1. The highest BCUT2D eigenvalue weighted by Crippen LogP contribution is 2.47. The number of esters is 1. The molecule has 2 amide bonds. The molecule has 0 spiro atoms. The first-order valence-electron chi connectivity index (χ1n) is 14.2. The molecule has 11 heteroatoms. The number of ether oxygens (including phenoxy) is 3. The number of carbonyl (C=O) groups excluding carboxylic acids is 3. The van der Waals surface area contributed by atoms with E-state index in [1.807, 2.05) is 66.7 Å². The summed E-state index contributed by atoms with van der Waals surface area (Å²) in [4.78, 5) is 39.6. The molecular weight excluding hydrogens is 679 g/mol. The van der Waals surface area contributed by atoms with Crippen molar-refractivity contribution in [3.8, 4) is 0 Å². The van der Waals surface area contributed by atoms with Crippen LogP contribution in [0.25, 0.3) is 0 Å². The van der Waals surface area contributed by atoms with E-state index in [1.54, 1.807) is 24.3 Å². The summed E-state index contributed by atoms with van der Waals surface area (Å²) in [6, 6.07) is 24.5. The Bertz CT molecular complexity index is 1470. The predicted octanol–water partition coefficient (Wildman–Crippen LogP) is 2.81. The summed E-state index contributed by atoms with van der Waals surface area (Å²) in [5, 5.41) is 24.4. The molecule has 3 aromatic carbocycles. The fourth-order valence-electron chi connectivity index (χ4n) is 5.35. The van der Waals surface area contributed by atoms with E-state index in [-0.39, 0.29) is 25.1 Å². The normalized spacial score (nSPS) is 21.7. The maximum atomic E-state index is 13.6. The lowest BCUT2D eigenvalue weighted by molar-refractivity contribution is -0.157. The van der Waals surface area contributed by atoms with Crippen molar-refractivity contribution >= 4 is 40.4 Å². The standard InChI is InChI=1S/C33H33IN2O8/c1-20(38)28(31(40)35-16-17-37)36-30(39)21-18-26(42-32(41)24-14-8-9-15-25(24)34)29-27(19-21)43-33(44-29,22-10-4-2-5-11-22)23-12-6-3-7-13-23/h2-15,19-20,26-29,37-38H,16-18H2,1H3,(H,35,40)(H,36,39)/t20-,26+,27+,28+,29-/m0/s1. The zero-order valence-corrected chi connectivity index (χ0v) is 26.0. The first kappa shape index (κ1) is 31.8. The third kappa shape index (κ3) is 6.71. The molecule has 5 atom stereocenters. The van der Waals surface area contributed by atoms with Gasteiger partial charge in [0.25, 0.3) is 0 Å². The molecule has 10 nitrogen and oxygen atoms in total. The fraction of sp³-hybridized carbons (Fsp3) is 0.303. The molecule has 1 saturated heterocycles. The van der Waals surface area contributed by atoms with Crippen LogP contribution >= 0.6 is 22.6 Å². The highest BCUT2D eigenvalue weighted by Gasteiger charge is 2.55. The van der Waals surface area contributed by atoms with Crippen molar-refractivity contribution in [2.24, 2.45) is 0 Å². The lowest BCUT2D eigenvalue weighted by Crippen LogP contribution is -2.54. The molecule has 3 aromatic rings. The second-order valence-corrected chi connectivity index (χ2v) is 11.7. The maximum Gasteiger partial charge on any atom is 0.339 e. The van der Waals surface area contributed by atoms with Gasteiger partial charge in [-0.05, 0) is 47.7 Å². The Morgan fingerprint density at radius 2 is 1.59 bits per heavy atom. The predicted molar refractivity (Wildman–Crippen MR) is 168 cm³/mol. The number of aliphatic hydroxyl groups is 2. The molecule has 1 fully saturated rings. The number of aliphatic hydroxyl groups excluding tert-OH is 2. The zero-order chi connectivity index (χ0) is 31.3. The first-order chi connectivity index (χ1) is 21.2. The van der Waals surface area contributed by atoms with E-state index >= 15 is 0 Å². The van der Waals surface area contributed by atoms with Crippen LogP contribution in [0.4, 0.5) is 0 Å². The van der Waals surface area contributed by atoms with Gasteiger partial charge in [0, 0.05) is 33.2 Å². The molecule has 1 aliphatic carbocycles. The van der Waals surface area contributed by atoms with Crippen LogP contribution in [0.5, 0.6) is 0 Å². The highest BCUT2D eigenvalue weighted by atomic mass is 127. The highest BCUT2D eigenvalue weighted by molar-refractivity contribution is 14.1. The smallest absolute Gasteiger partial charge is 0.339 e. The molecule has 1 aliphatic heterocycles. The lowest BCUT2D eigenvalue weighted by Gasteiger charge is -2.31. The van der Waals surface area contributed by atoms with Crippen molar-refractivity contribution in [1.29, 1.82) is 0 Å². The second kappa shape index (κ2) is 14.0. The van der Waals surface area contributed by atoms with E-state index in [0.717, 1.165) is 11.1 Å². The molecule has 230 valence electrons. The number of amides is 2. The Kier molecular flexibility index (Phi) is 10.1. The Balaban J connectivity index is 1.51. The van der Waals surface area contributed by atoms with E-state index in [4.69, 9.17) is 19.3 Å². The molecule has 5 rings (SSSR count). The van der Waals surface area contributed by atoms with Gasteiger partial charge in [-0.3, -0.25) is 9.59 Å². The third-order valence-electron chi connectivity index (χ3n) is 7.49. The Morgan fingerprint density at radius 3 is 2.18 bits per heavy atom. The number of nitrogens with one attached hydrogen (secondary N) is 2. The fourth-order valence-corrected chi connectivity index (χ4v) is 5.96. The molecule has 4 N–H and O–H groups in total. The van der Waals surface area contributed by atoms with Crippen molar-refractivity contribution in [1.82, 2.24) is 10.6 Å². The Labute approximate surface area is 268 Å². The van der Waals surface area contributed by atoms with Gasteiger partial charge in [0.15, 0.2) is 0 Å². The summed E-state index contributed by atoms with van der Waals surface area (Å²) >= 11 is 2.06. The van der Waals surface area contributed by atoms with Gasteiger partial charge >= 0.3 is 5.97 Å². The maximum absolute atomic E-state index is 13.6. The van der Waals surface area contributed by atoms with Gasteiger partial charge in [0.05, 0.1) is 18.3 Å². The molecule has 0 unspecified atom stereocenters. The van der Waals surface area contributed by atoms with Crippen LogP contribution < -0.4 is 10.6 Å². The summed E-state index contributed by atoms with van der Waals surface area (Å²) in [5.41, 5.74) is 2.01. The second-order valence-electron chi connectivity index (χ2n) is 10.5. The number of fused-ring (bicyclic) bond motifs is 1. The number of hydrogen-bond donors (Lipinski definition) is 4. The van der Waals surface area contributed by atoms with E-state index in [9.17, 15) is 19.5 Å². The van der Waals surface area contributed by atoms with Crippen molar-refractivity contribution < 1.29 is 38.8 Å². The van der Waals surface area contributed by atoms with Crippen molar-refractivity contribution in [3.05, 3.63) is 117 Å².